The second-order valence-electron chi connectivity index (χ2n) is 7.36. The molecule has 2 rings (SSSR count). The maximum Gasteiger partial charge on any atom is 0.308 e. The van der Waals surface area contributed by atoms with E-state index in [4.69, 9.17) is 4.74 Å². The topological polar surface area (TPSA) is 70.1 Å². The number of aliphatic carboxylic acids is 1. The highest BCUT2D eigenvalue weighted by Crippen LogP contribution is 2.23. The maximum absolute atomic E-state index is 13.1. The zero-order chi connectivity index (χ0) is 17.1. The van der Waals surface area contributed by atoms with Crippen molar-refractivity contribution in [3.8, 4) is 0 Å². The summed E-state index contributed by atoms with van der Waals surface area (Å²) < 4.78 is 5.78. The van der Waals surface area contributed by atoms with Crippen LogP contribution in [0.2, 0.25) is 0 Å². The highest BCUT2D eigenvalue weighted by molar-refractivity contribution is 5.83. The van der Waals surface area contributed by atoms with Gasteiger partial charge in [0, 0.05) is 26.2 Å². The molecule has 132 valence electrons. The van der Waals surface area contributed by atoms with Crippen molar-refractivity contribution in [1.82, 2.24) is 9.80 Å². The predicted octanol–water partition coefficient (Wildman–Crippen LogP) is 1.44. The van der Waals surface area contributed by atoms with Gasteiger partial charge in [0.05, 0.1) is 24.2 Å². The van der Waals surface area contributed by atoms with Crippen LogP contribution < -0.4 is 0 Å². The average molecular weight is 326 g/mol. The van der Waals surface area contributed by atoms with Gasteiger partial charge in [0.2, 0.25) is 5.91 Å². The lowest BCUT2D eigenvalue weighted by molar-refractivity contribution is -0.151. The van der Waals surface area contributed by atoms with Crippen LogP contribution in [0.1, 0.15) is 40.5 Å². The number of carbonyl (C=O) groups excluding carboxylic acids is 1. The Balaban J connectivity index is 2.10. The maximum atomic E-state index is 13.1. The van der Waals surface area contributed by atoms with Gasteiger partial charge < -0.3 is 14.7 Å². The molecule has 0 spiro atoms. The van der Waals surface area contributed by atoms with E-state index in [0.717, 1.165) is 19.5 Å². The zero-order valence-corrected chi connectivity index (χ0v) is 14.7. The Labute approximate surface area is 138 Å². The minimum Gasteiger partial charge on any atom is -0.481 e. The van der Waals surface area contributed by atoms with Crippen LogP contribution in [0.3, 0.4) is 0 Å². The van der Waals surface area contributed by atoms with Crippen LogP contribution in [0.4, 0.5) is 0 Å². The SMILES string of the molecule is CC1CN(C(C(=O)N2CCCC(C(=O)O)C2)C(C)C)CC(C)O1. The number of ether oxygens (including phenoxy) is 1. The van der Waals surface area contributed by atoms with Gasteiger partial charge in [-0.05, 0) is 32.6 Å². The van der Waals surface area contributed by atoms with Crippen molar-refractivity contribution in [3.05, 3.63) is 0 Å². The molecule has 2 aliphatic heterocycles. The van der Waals surface area contributed by atoms with Crippen LogP contribution >= 0.6 is 0 Å². The Morgan fingerprint density at radius 3 is 2.26 bits per heavy atom. The van der Waals surface area contributed by atoms with Gasteiger partial charge in [-0.2, -0.15) is 0 Å². The van der Waals surface area contributed by atoms with Gasteiger partial charge in [-0.15, -0.1) is 0 Å². The second-order valence-corrected chi connectivity index (χ2v) is 7.36. The number of piperidine rings is 1. The van der Waals surface area contributed by atoms with Crippen LogP contribution in [0.5, 0.6) is 0 Å². The molecule has 6 heteroatoms. The van der Waals surface area contributed by atoms with Crippen molar-refractivity contribution < 1.29 is 19.4 Å². The fourth-order valence-corrected chi connectivity index (χ4v) is 3.87. The van der Waals surface area contributed by atoms with Gasteiger partial charge in [-0.1, -0.05) is 13.8 Å². The molecule has 4 atom stereocenters. The summed E-state index contributed by atoms with van der Waals surface area (Å²) in [6.07, 6.45) is 1.66. The van der Waals surface area contributed by atoms with E-state index in [2.05, 4.69) is 18.7 Å². The number of hydrogen-bond acceptors (Lipinski definition) is 4. The predicted molar refractivity (Wildman–Crippen MR) is 87.1 cm³/mol. The molecule has 23 heavy (non-hydrogen) atoms. The number of hydrogen-bond donors (Lipinski definition) is 1. The van der Waals surface area contributed by atoms with Crippen molar-refractivity contribution in [3.63, 3.8) is 0 Å². The van der Waals surface area contributed by atoms with Gasteiger partial charge >= 0.3 is 5.97 Å². The molecule has 0 aromatic rings. The minimum atomic E-state index is -0.794. The van der Waals surface area contributed by atoms with Crippen molar-refractivity contribution >= 4 is 11.9 Å². The summed E-state index contributed by atoms with van der Waals surface area (Å²) in [5, 5.41) is 9.24. The first-order valence-corrected chi connectivity index (χ1v) is 8.70. The molecule has 1 amide bonds. The Hall–Kier alpha value is -1.14. The Morgan fingerprint density at radius 1 is 1.13 bits per heavy atom. The third kappa shape index (κ3) is 4.44. The lowest BCUT2D eigenvalue weighted by Crippen LogP contribution is -2.58. The van der Waals surface area contributed by atoms with Gasteiger partial charge in [-0.25, -0.2) is 0 Å². The molecule has 0 aliphatic carbocycles. The first-order valence-electron chi connectivity index (χ1n) is 8.70. The number of rotatable bonds is 4. The largest absolute Gasteiger partial charge is 0.481 e. The normalized spacial score (nSPS) is 31.2. The fraction of sp³-hybridized carbons (Fsp3) is 0.882. The molecule has 4 unspecified atom stereocenters. The molecular formula is C17H30N2O4. The minimum absolute atomic E-state index is 0.0762. The Morgan fingerprint density at radius 2 is 1.74 bits per heavy atom. The van der Waals surface area contributed by atoms with Crippen molar-refractivity contribution in [2.45, 2.75) is 58.8 Å². The lowest BCUT2D eigenvalue weighted by Gasteiger charge is -2.43. The number of carboxylic acids is 1. The number of carbonyl (C=O) groups is 2. The molecular weight excluding hydrogens is 296 g/mol. The van der Waals surface area contributed by atoms with E-state index in [1.165, 1.54) is 0 Å². The Bertz CT molecular complexity index is 430. The molecule has 0 aromatic carbocycles. The van der Waals surface area contributed by atoms with E-state index in [9.17, 15) is 14.7 Å². The van der Waals surface area contributed by atoms with E-state index in [1.54, 1.807) is 4.90 Å². The second kappa shape index (κ2) is 7.62. The number of carboxylic acid groups (broad SMARTS) is 1. The highest BCUT2D eigenvalue weighted by Gasteiger charge is 2.38. The molecule has 0 bridgehead atoms. The van der Waals surface area contributed by atoms with Crippen LogP contribution in [-0.2, 0) is 14.3 Å². The van der Waals surface area contributed by atoms with Crippen molar-refractivity contribution in [2.24, 2.45) is 11.8 Å². The molecule has 0 radical (unpaired) electrons. The molecule has 6 nitrogen and oxygen atoms in total. The van der Waals surface area contributed by atoms with Crippen LogP contribution in [-0.4, -0.2) is 71.2 Å². The number of amides is 1. The lowest BCUT2D eigenvalue weighted by atomic mass is 9.94. The van der Waals surface area contributed by atoms with Crippen molar-refractivity contribution in [1.29, 1.82) is 0 Å². The summed E-state index contributed by atoms with van der Waals surface area (Å²) >= 11 is 0. The van der Waals surface area contributed by atoms with Crippen LogP contribution in [0.25, 0.3) is 0 Å². The quantitative estimate of drug-likeness (QED) is 0.846. The molecule has 1 N–H and O–H groups in total. The molecule has 2 heterocycles. The summed E-state index contributed by atoms with van der Waals surface area (Å²) in [6, 6.07) is -0.198. The standard InChI is InChI=1S/C17H30N2O4/c1-11(2)15(19-8-12(3)23-13(4)9-19)16(20)18-7-5-6-14(10-18)17(21)22/h11-15H,5-10H2,1-4H3,(H,21,22). The molecule has 2 fully saturated rings. The molecule has 2 saturated heterocycles. The van der Waals surface area contributed by atoms with E-state index >= 15 is 0 Å². The van der Waals surface area contributed by atoms with E-state index in [0.29, 0.717) is 19.5 Å². The highest BCUT2D eigenvalue weighted by atomic mass is 16.5. The third-order valence-corrected chi connectivity index (χ3v) is 4.81. The van der Waals surface area contributed by atoms with Gasteiger partial charge in [0.1, 0.15) is 0 Å². The summed E-state index contributed by atoms with van der Waals surface area (Å²) in [5.74, 6) is -0.960. The van der Waals surface area contributed by atoms with Crippen LogP contribution in [0, 0.1) is 11.8 Å². The molecule has 0 saturated carbocycles. The number of likely N-dealkylation sites (tertiary alicyclic amines) is 1. The van der Waals surface area contributed by atoms with Gasteiger partial charge in [0.25, 0.3) is 0 Å². The van der Waals surface area contributed by atoms with E-state index < -0.39 is 11.9 Å². The summed E-state index contributed by atoms with van der Waals surface area (Å²) in [4.78, 5) is 28.3. The monoisotopic (exact) mass is 326 g/mol. The fourth-order valence-electron chi connectivity index (χ4n) is 3.87. The molecule has 0 aromatic heterocycles. The first-order chi connectivity index (χ1) is 10.8. The van der Waals surface area contributed by atoms with Crippen LogP contribution in [0.15, 0.2) is 0 Å². The smallest absolute Gasteiger partial charge is 0.308 e. The van der Waals surface area contributed by atoms with Gasteiger partial charge in [-0.3, -0.25) is 14.5 Å². The third-order valence-electron chi connectivity index (χ3n) is 4.81. The number of nitrogens with zero attached hydrogens (tertiary/aromatic N) is 2. The van der Waals surface area contributed by atoms with E-state index in [1.807, 2.05) is 13.8 Å². The Kier molecular flexibility index (Phi) is 6.03. The average Bonchev–Trinajstić information content (AvgIpc) is 2.46. The summed E-state index contributed by atoms with van der Waals surface area (Å²) in [5.41, 5.74) is 0. The molecule has 2 aliphatic rings. The number of morpholine rings is 1. The van der Waals surface area contributed by atoms with E-state index in [-0.39, 0.29) is 30.1 Å². The summed E-state index contributed by atoms with van der Waals surface area (Å²) in [6.45, 7) is 10.7. The first kappa shape index (κ1) is 18.2. The van der Waals surface area contributed by atoms with Gasteiger partial charge in [0.15, 0.2) is 0 Å². The zero-order valence-electron chi connectivity index (χ0n) is 14.7. The van der Waals surface area contributed by atoms with Crippen molar-refractivity contribution in [2.75, 3.05) is 26.2 Å². The summed E-state index contributed by atoms with van der Waals surface area (Å²) in [7, 11) is 0.